The number of nitrogens with zero attached hydrogens (tertiary/aromatic N) is 2. The summed E-state index contributed by atoms with van der Waals surface area (Å²) in [5, 5.41) is 2.90. The van der Waals surface area contributed by atoms with Crippen LogP contribution in [0.15, 0.2) is 48.5 Å². The van der Waals surface area contributed by atoms with Crippen molar-refractivity contribution in [2.45, 2.75) is 89.8 Å². The number of nitrogens with one attached hydrogen (secondary N) is 1. The predicted molar refractivity (Wildman–Crippen MR) is 163 cm³/mol. The van der Waals surface area contributed by atoms with Gasteiger partial charge in [-0.15, -0.1) is 0 Å². The van der Waals surface area contributed by atoms with E-state index in [1.807, 2.05) is 32.9 Å². The van der Waals surface area contributed by atoms with Crippen LogP contribution in [-0.2, 0) is 31.6 Å². The molecule has 0 aromatic heterocycles. The predicted octanol–water partition coefficient (Wildman–Crippen LogP) is 5.39. The molecule has 0 radical (unpaired) electrons. The quantitative estimate of drug-likeness (QED) is 0.420. The minimum absolute atomic E-state index is 0.0282. The van der Waals surface area contributed by atoms with E-state index in [9.17, 15) is 22.4 Å². The Balaban J connectivity index is 1.39. The van der Waals surface area contributed by atoms with Crippen molar-refractivity contribution in [1.82, 2.24) is 10.2 Å². The number of benzene rings is 2. The normalized spacial score (nSPS) is 25.6. The number of hydrogen-bond donors (Lipinski definition) is 1. The fourth-order valence-corrected chi connectivity index (χ4v) is 8.75. The molecule has 2 aromatic rings. The summed E-state index contributed by atoms with van der Waals surface area (Å²) in [6.07, 6.45) is 8.76. The number of amides is 2. The van der Waals surface area contributed by atoms with Crippen LogP contribution in [0.1, 0.15) is 77.3 Å². The monoisotopic (exact) mass is 597 g/mol. The Morgan fingerprint density at radius 2 is 1.48 bits per heavy atom. The van der Waals surface area contributed by atoms with Gasteiger partial charge < -0.3 is 10.2 Å². The van der Waals surface area contributed by atoms with E-state index in [0.29, 0.717) is 11.3 Å². The molecule has 6 rings (SSSR count). The van der Waals surface area contributed by atoms with E-state index in [1.165, 1.54) is 61.1 Å². The molecule has 228 valence electrons. The van der Waals surface area contributed by atoms with Gasteiger partial charge in [-0.2, -0.15) is 0 Å². The molecular formula is C33H44FN3O4S. The van der Waals surface area contributed by atoms with Gasteiger partial charge in [-0.1, -0.05) is 24.3 Å². The van der Waals surface area contributed by atoms with E-state index in [-0.39, 0.29) is 17.9 Å². The van der Waals surface area contributed by atoms with Crippen molar-refractivity contribution in [3.63, 3.8) is 0 Å². The molecule has 0 aliphatic heterocycles. The second kappa shape index (κ2) is 11.3. The summed E-state index contributed by atoms with van der Waals surface area (Å²) in [6.45, 7) is 6.74. The zero-order valence-electron chi connectivity index (χ0n) is 25.4. The van der Waals surface area contributed by atoms with Gasteiger partial charge in [0.15, 0.2) is 0 Å². The number of halogens is 1. The Bertz CT molecular complexity index is 1380. The summed E-state index contributed by atoms with van der Waals surface area (Å²) in [5.41, 5.74) is 1.99. The lowest BCUT2D eigenvalue weighted by atomic mass is 9.48. The van der Waals surface area contributed by atoms with Crippen LogP contribution < -0.4 is 9.62 Å². The highest BCUT2D eigenvalue weighted by Gasteiger charge is 2.51. The summed E-state index contributed by atoms with van der Waals surface area (Å²) in [6, 6.07) is 12.6. The summed E-state index contributed by atoms with van der Waals surface area (Å²) < 4.78 is 40.7. The molecule has 0 saturated heterocycles. The fourth-order valence-electron chi connectivity index (χ4n) is 7.90. The Morgan fingerprint density at radius 3 is 1.95 bits per heavy atom. The van der Waals surface area contributed by atoms with Gasteiger partial charge in [0, 0.05) is 12.1 Å². The fraction of sp³-hybridized carbons (Fsp3) is 0.576. The molecule has 2 amide bonds. The van der Waals surface area contributed by atoms with Crippen LogP contribution in [0.4, 0.5) is 10.1 Å². The van der Waals surface area contributed by atoms with Gasteiger partial charge in [-0.25, -0.2) is 12.8 Å². The van der Waals surface area contributed by atoms with E-state index in [0.717, 1.165) is 28.3 Å². The van der Waals surface area contributed by atoms with Crippen LogP contribution in [0.25, 0.3) is 0 Å². The highest BCUT2D eigenvalue weighted by atomic mass is 32.2. The molecule has 2 aromatic carbocycles. The molecule has 1 atom stereocenters. The van der Waals surface area contributed by atoms with Gasteiger partial charge in [0.05, 0.1) is 11.9 Å². The lowest BCUT2D eigenvalue weighted by molar-refractivity contribution is -0.140. The summed E-state index contributed by atoms with van der Waals surface area (Å²) in [7, 11) is -3.82. The van der Waals surface area contributed by atoms with Gasteiger partial charge in [0.25, 0.3) is 0 Å². The van der Waals surface area contributed by atoms with Crippen molar-refractivity contribution in [2.75, 3.05) is 17.1 Å². The van der Waals surface area contributed by atoms with Crippen LogP contribution in [0.5, 0.6) is 0 Å². The molecule has 42 heavy (non-hydrogen) atoms. The first-order valence-electron chi connectivity index (χ1n) is 15.1. The van der Waals surface area contributed by atoms with Crippen LogP contribution in [0.2, 0.25) is 0 Å². The molecular weight excluding hydrogens is 553 g/mol. The van der Waals surface area contributed by atoms with Gasteiger partial charge >= 0.3 is 0 Å². The van der Waals surface area contributed by atoms with Crippen molar-refractivity contribution >= 4 is 27.5 Å². The first kappa shape index (κ1) is 30.5. The third-order valence-corrected chi connectivity index (χ3v) is 10.6. The largest absolute Gasteiger partial charge is 0.350 e. The molecule has 4 aliphatic rings. The Labute approximate surface area is 249 Å². The third-order valence-electron chi connectivity index (χ3n) is 9.42. The van der Waals surface area contributed by atoms with Crippen LogP contribution in [-0.4, -0.2) is 49.5 Å². The average Bonchev–Trinajstić information content (AvgIpc) is 2.88. The zero-order valence-corrected chi connectivity index (χ0v) is 26.2. The van der Waals surface area contributed by atoms with E-state index in [2.05, 4.69) is 17.4 Å². The third kappa shape index (κ3) is 6.66. The van der Waals surface area contributed by atoms with Crippen molar-refractivity contribution in [2.24, 2.45) is 17.8 Å². The average molecular weight is 598 g/mol. The first-order valence-corrected chi connectivity index (χ1v) is 16.9. The van der Waals surface area contributed by atoms with E-state index in [4.69, 9.17) is 0 Å². The molecule has 7 nitrogen and oxygen atoms in total. The second-order valence-electron chi connectivity index (χ2n) is 14.1. The van der Waals surface area contributed by atoms with Gasteiger partial charge in [0.2, 0.25) is 21.8 Å². The molecule has 1 N–H and O–H groups in total. The minimum Gasteiger partial charge on any atom is -0.350 e. The molecule has 4 aliphatic carbocycles. The molecule has 4 bridgehead atoms. The van der Waals surface area contributed by atoms with Gasteiger partial charge in [-0.3, -0.25) is 13.9 Å². The Hall–Kier alpha value is -2.94. The molecule has 9 heteroatoms. The van der Waals surface area contributed by atoms with Crippen molar-refractivity contribution in [1.29, 1.82) is 0 Å². The minimum atomic E-state index is -3.82. The Morgan fingerprint density at radius 1 is 0.952 bits per heavy atom. The van der Waals surface area contributed by atoms with E-state index < -0.39 is 39.9 Å². The maximum atomic E-state index is 13.8. The summed E-state index contributed by atoms with van der Waals surface area (Å²) in [5.74, 6) is 1.10. The molecule has 0 spiro atoms. The first-order chi connectivity index (χ1) is 19.6. The summed E-state index contributed by atoms with van der Waals surface area (Å²) in [4.78, 5) is 28.3. The van der Waals surface area contributed by atoms with Crippen LogP contribution >= 0.6 is 0 Å². The van der Waals surface area contributed by atoms with Gasteiger partial charge in [-0.05, 0) is 125 Å². The van der Waals surface area contributed by atoms with Gasteiger partial charge in [0.1, 0.15) is 18.4 Å². The molecule has 0 unspecified atom stereocenters. The van der Waals surface area contributed by atoms with Crippen molar-refractivity contribution < 1.29 is 22.4 Å². The smallest absolute Gasteiger partial charge is 0.244 e. The number of carbonyl (C=O) groups excluding carboxylic acids is 2. The number of rotatable bonds is 9. The molecule has 4 saturated carbocycles. The maximum absolute atomic E-state index is 13.8. The lowest BCUT2D eigenvalue weighted by Gasteiger charge is -2.57. The van der Waals surface area contributed by atoms with Crippen LogP contribution in [0, 0.1) is 23.6 Å². The highest BCUT2D eigenvalue weighted by molar-refractivity contribution is 7.92. The standard InChI is InChI=1S/C33H44FN3O4S/c1-22(31(39)35-32(2,3)4)36(20-23-6-10-28(34)11-7-23)30(38)21-37(42(5,40)41)29-12-8-27(9-13-29)33-17-24-14-25(18-33)16-26(15-24)19-33/h6-13,22,24-26H,14-21H2,1-5H3,(H,35,39)/t22-,24?,25?,26?,33?/m1/s1. The summed E-state index contributed by atoms with van der Waals surface area (Å²) >= 11 is 0. The molecule has 4 fully saturated rings. The second-order valence-corrected chi connectivity index (χ2v) is 16.0. The van der Waals surface area contributed by atoms with Crippen molar-refractivity contribution in [3.05, 3.63) is 65.5 Å². The topological polar surface area (TPSA) is 86.8 Å². The lowest BCUT2D eigenvalue weighted by Crippen LogP contribution is -2.54. The highest BCUT2D eigenvalue weighted by Crippen LogP contribution is 2.60. The van der Waals surface area contributed by atoms with E-state index in [1.54, 1.807) is 19.1 Å². The molecule has 0 heterocycles. The maximum Gasteiger partial charge on any atom is 0.244 e. The Kier molecular flexibility index (Phi) is 8.20. The van der Waals surface area contributed by atoms with E-state index >= 15 is 0 Å². The number of anilines is 1. The SMILES string of the molecule is C[C@H](C(=O)NC(C)(C)C)N(Cc1ccc(F)cc1)C(=O)CN(c1ccc(C23CC4CC(CC(C4)C2)C3)cc1)S(C)(=O)=O. The zero-order chi connectivity index (χ0) is 30.4. The van der Waals surface area contributed by atoms with Crippen LogP contribution in [0.3, 0.4) is 0 Å². The number of carbonyl (C=O) groups is 2. The number of sulfonamides is 1. The van der Waals surface area contributed by atoms with Crippen molar-refractivity contribution in [3.8, 4) is 0 Å². The number of hydrogen-bond acceptors (Lipinski definition) is 4.